The van der Waals surface area contributed by atoms with Crippen LogP contribution < -0.4 is 0 Å². The van der Waals surface area contributed by atoms with Crippen LogP contribution in [0.5, 0.6) is 0 Å². The minimum atomic E-state index is -0.819. The summed E-state index contributed by atoms with van der Waals surface area (Å²) in [6, 6.07) is 0. The van der Waals surface area contributed by atoms with Gasteiger partial charge in [0.25, 0.3) is 0 Å². The van der Waals surface area contributed by atoms with Crippen molar-refractivity contribution >= 4 is 11.9 Å². The molecular formula is C15H25NO3. The molecule has 1 aliphatic carbocycles. The van der Waals surface area contributed by atoms with E-state index in [-0.39, 0.29) is 11.8 Å². The maximum absolute atomic E-state index is 12.2. The topological polar surface area (TPSA) is 57.6 Å². The van der Waals surface area contributed by atoms with E-state index in [1.807, 2.05) is 4.90 Å². The second-order valence-corrected chi connectivity index (χ2v) is 7.11. The molecule has 1 N–H and O–H groups in total. The van der Waals surface area contributed by atoms with Crippen molar-refractivity contribution in [3.05, 3.63) is 0 Å². The second kappa shape index (κ2) is 5.14. The van der Waals surface area contributed by atoms with Crippen LogP contribution in [0.4, 0.5) is 0 Å². The van der Waals surface area contributed by atoms with Crippen molar-refractivity contribution in [2.75, 3.05) is 13.1 Å². The SMILES string of the molecule is CC(C)(C)C1CCCN(C(=O)[C@@H]2C[C@@H]2C(=O)O)CC1. The molecule has 1 saturated carbocycles. The number of carbonyl (C=O) groups excluding carboxylic acids is 1. The van der Waals surface area contributed by atoms with Crippen LogP contribution in [0.3, 0.4) is 0 Å². The van der Waals surface area contributed by atoms with Gasteiger partial charge in [-0.2, -0.15) is 0 Å². The fourth-order valence-corrected chi connectivity index (χ4v) is 3.16. The van der Waals surface area contributed by atoms with Crippen LogP contribution in [-0.2, 0) is 9.59 Å². The predicted octanol–water partition coefficient (Wildman–Crippen LogP) is 2.38. The van der Waals surface area contributed by atoms with E-state index in [0.29, 0.717) is 17.8 Å². The van der Waals surface area contributed by atoms with Crippen LogP contribution in [0.1, 0.15) is 46.5 Å². The maximum Gasteiger partial charge on any atom is 0.307 e. The molecule has 1 saturated heterocycles. The van der Waals surface area contributed by atoms with Crippen LogP contribution >= 0.6 is 0 Å². The zero-order valence-electron chi connectivity index (χ0n) is 12.2. The maximum atomic E-state index is 12.2. The normalized spacial score (nSPS) is 31.7. The average Bonchev–Trinajstić information content (AvgIpc) is 3.10. The fourth-order valence-electron chi connectivity index (χ4n) is 3.16. The summed E-state index contributed by atoms with van der Waals surface area (Å²) in [5.74, 6) is -0.764. The van der Waals surface area contributed by atoms with Gasteiger partial charge in [0.1, 0.15) is 0 Å². The third-order valence-electron chi connectivity index (χ3n) is 4.69. The Labute approximate surface area is 115 Å². The summed E-state index contributed by atoms with van der Waals surface area (Å²) in [6.45, 7) is 8.38. The van der Waals surface area contributed by atoms with Crippen molar-refractivity contribution in [2.45, 2.75) is 46.5 Å². The summed E-state index contributed by atoms with van der Waals surface area (Å²) >= 11 is 0. The van der Waals surface area contributed by atoms with Gasteiger partial charge in [-0.3, -0.25) is 9.59 Å². The minimum absolute atomic E-state index is 0.0713. The Bertz CT molecular complexity index is 372. The highest BCUT2D eigenvalue weighted by Gasteiger charge is 2.49. The molecule has 2 fully saturated rings. The van der Waals surface area contributed by atoms with Gasteiger partial charge in [-0.25, -0.2) is 0 Å². The van der Waals surface area contributed by atoms with Crippen molar-refractivity contribution in [1.29, 1.82) is 0 Å². The van der Waals surface area contributed by atoms with Crippen molar-refractivity contribution in [3.63, 3.8) is 0 Å². The van der Waals surface area contributed by atoms with E-state index in [1.165, 1.54) is 6.42 Å². The zero-order chi connectivity index (χ0) is 14.2. The van der Waals surface area contributed by atoms with Gasteiger partial charge in [0.2, 0.25) is 5.91 Å². The Balaban J connectivity index is 1.90. The van der Waals surface area contributed by atoms with Crippen molar-refractivity contribution < 1.29 is 14.7 Å². The zero-order valence-corrected chi connectivity index (χ0v) is 12.2. The molecule has 19 heavy (non-hydrogen) atoms. The third-order valence-corrected chi connectivity index (χ3v) is 4.69. The molecule has 108 valence electrons. The number of rotatable bonds is 2. The lowest BCUT2D eigenvalue weighted by Crippen LogP contribution is -2.34. The van der Waals surface area contributed by atoms with Gasteiger partial charge in [0.05, 0.1) is 11.8 Å². The third kappa shape index (κ3) is 3.28. The number of hydrogen-bond donors (Lipinski definition) is 1. The van der Waals surface area contributed by atoms with Gasteiger partial charge in [0, 0.05) is 13.1 Å². The van der Waals surface area contributed by atoms with E-state index >= 15 is 0 Å². The van der Waals surface area contributed by atoms with Crippen molar-refractivity contribution in [2.24, 2.45) is 23.2 Å². The van der Waals surface area contributed by atoms with Gasteiger partial charge < -0.3 is 10.0 Å². The van der Waals surface area contributed by atoms with E-state index in [1.54, 1.807) is 0 Å². The molecule has 4 nitrogen and oxygen atoms in total. The Morgan fingerprint density at radius 1 is 1.11 bits per heavy atom. The minimum Gasteiger partial charge on any atom is -0.481 e. The lowest BCUT2D eigenvalue weighted by Gasteiger charge is -2.29. The molecule has 3 atom stereocenters. The first kappa shape index (κ1) is 14.4. The van der Waals surface area contributed by atoms with Gasteiger partial charge >= 0.3 is 5.97 Å². The van der Waals surface area contributed by atoms with Gasteiger partial charge in [-0.15, -0.1) is 0 Å². The molecule has 2 rings (SSSR count). The first-order valence-electron chi connectivity index (χ1n) is 7.32. The Hall–Kier alpha value is -1.06. The standard InChI is InChI=1S/C15H25NO3/c1-15(2,3)10-5-4-7-16(8-6-10)13(17)11-9-12(11)14(18)19/h10-12H,4-9H2,1-3H3,(H,18,19)/t10?,11-,12+/m1/s1. The average molecular weight is 267 g/mol. The summed E-state index contributed by atoms with van der Waals surface area (Å²) < 4.78 is 0. The molecule has 0 radical (unpaired) electrons. The summed E-state index contributed by atoms with van der Waals surface area (Å²) in [4.78, 5) is 25.0. The molecule has 0 spiro atoms. The molecule has 1 aliphatic heterocycles. The summed E-state index contributed by atoms with van der Waals surface area (Å²) in [5, 5.41) is 8.90. The number of likely N-dealkylation sites (tertiary alicyclic amines) is 1. The summed E-state index contributed by atoms with van der Waals surface area (Å²) in [5.41, 5.74) is 0.294. The fraction of sp³-hybridized carbons (Fsp3) is 0.867. The van der Waals surface area contributed by atoms with Gasteiger partial charge in [0.15, 0.2) is 0 Å². The molecule has 0 aromatic rings. The first-order chi connectivity index (χ1) is 8.80. The van der Waals surface area contributed by atoms with E-state index in [0.717, 1.165) is 25.9 Å². The lowest BCUT2D eigenvalue weighted by molar-refractivity contribution is -0.142. The smallest absolute Gasteiger partial charge is 0.307 e. The van der Waals surface area contributed by atoms with Crippen LogP contribution in [0.15, 0.2) is 0 Å². The monoisotopic (exact) mass is 267 g/mol. The van der Waals surface area contributed by atoms with Crippen molar-refractivity contribution in [3.8, 4) is 0 Å². The highest BCUT2D eigenvalue weighted by atomic mass is 16.4. The highest BCUT2D eigenvalue weighted by molar-refractivity contribution is 5.89. The Kier molecular flexibility index (Phi) is 3.88. The molecule has 0 bridgehead atoms. The molecule has 1 unspecified atom stereocenters. The number of carbonyl (C=O) groups is 2. The molecular weight excluding hydrogens is 242 g/mol. The summed E-state index contributed by atoms with van der Waals surface area (Å²) in [7, 11) is 0. The van der Waals surface area contributed by atoms with Crippen LogP contribution in [-0.4, -0.2) is 35.0 Å². The van der Waals surface area contributed by atoms with E-state index < -0.39 is 11.9 Å². The molecule has 1 amide bonds. The number of aliphatic carboxylic acids is 1. The summed E-state index contributed by atoms with van der Waals surface area (Å²) in [6.07, 6.45) is 3.78. The highest BCUT2D eigenvalue weighted by Crippen LogP contribution is 2.41. The first-order valence-corrected chi connectivity index (χ1v) is 7.32. The Morgan fingerprint density at radius 3 is 2.32 bits per heavy atom. The van der Waals surface area contributed by atoms with Gasteiger partial charge in [-0.1, -0.05) is 20.8 Å². The van der Waals surface area contributed by atoms with E-state index in [4.69, 9.17) is 5.11 Å². The molecule has 2 aliphatic rings. The number of amides is 1. The Morgan fingerprint density at radius 2 is 1.79 bits per heavy atom. The molecule has 1 heterocycles. The quantitative estimate of drug-likeness (QED) is 0.835. The number of hydrogen-bond acceptors (Lipinski definition) is 2. The predicted molar refractivity (Wildman–Crippen MR) is 72.6 cm³/mol. The molecule has 4 heteroatoms. The van der Waals surface area contributed by atoms with Gasteiger partial charge in [-0.05, 0) is 37.0 Å². The lowest BCUT2D eigenvalue weighted by atomic mass is 9.77. The van der Waals surface area contributed by atoms with Crippen LogP contribution in [0.25, 0.3) is 0 Å². The number of carboxylic acid groups (broad SMARTS) is 1. The van der Waals surface area contributed by atoms with Crippen LogP contribution in [0.2, 0.25) is 0 Å². The molecule has 0 aromatic carbocycles. The van der Waals surface area contributed by atoms with Crippen LogP contribution in [0, 0.1) is 23.2 Å². The van der Waals surface area contributed by atoms with E-state index in [2.05, 4.69) is 20.8 Å². The van der Waals surface area contributed by atoms with E-state index in [9.17, 15) is 9.59 Å². The van der Waals surface area contributed by atoms with Crippen molar-refractivity contribution in [1.82, 2.24) is 4.90 Å². The number of nitrogens with zero attached hydrogens (tertiary/aromatic N) is 1. The molecule has 0 aromatic heterocycles. The number of carboxylic acids is 1. The second-order valence-electron chi connectivity index (χ2n) is 7.11. The largest absolute Gasteiger partial charge is 0.481 e.